The molecule has 0 saturated carbocycles. The molecule has 4 rings (SSSR count). The number of hydroxylamine groups is 1. The molecule has 0 radical (unpaired) electrons. The van der Waals surface area contributed by atoms with Gasteiger partial charge in [0.15, 0.2) is 18.2 Å². The van der Waals surface area contributed by atoms with E-state index < -0.39 is 11.7 Å². The van der Waals surface area contributed by atoms with Crippen molar-refractivity contribution in [3.63, 3.8) is 0 Å². The molecule has 8 nitrogen and oxygen atoms in total. The first-order valence-electron chi connectivity index (χ1n) is 9.09. The number of aliphatic imine (C=N–C) groups is 1. The van der Waals surface area contributed by atoms with Crippen molar-refractivity contribution in [3.05, 3.63) is 57.7 Å². The minimum absolute atomic E-state index is 0.210. The van der Waals surface area contributed by atoms with Gasteiger partial charge in [0.2, 0.25) is 5.88 Å². The highest BCUT2D eigenvalue weighted by Crippen LogP contribution is 2.36. The van der Waals surface area contributed by atoms with Crippen LogP contribution in [0, 0.1) is 0 Å². The second kappa shape index (κ2) is 8.83. The second-order valence-corrected chi connectivity index (χ2v) is 7.39. The minimum Gasteiger partial charge on any atom is -0.469 e. The maximum atomic E-state index is 10.4. The maximum absolute atomic E-state index is 10.4. The van der Waals surface area contributed by atoms with Crippen molar-refractivity contribution in [1.82, 2.24) is 15.8 Å². The van der Waals surface area contributed by atoms with Gasteiger partial charge >= 0.3 is 0 Å². The van der Waals surface area contributed by atoms with Gasteiger partial charge < -0.3 is 19.9 Å². The molecule has 1 fully saturated rings. The van der Waals surface area contributed by atoms with Crippen LogP contribution in [0.4, 0.5) is 0 Å². The Morgan fingerprint density at radius 1 is 1.28 bits per heavy atom. The quantitative estimate of drug-likeness (QED) is 0.655. The molecule has 0 bridgehead atoms. The van der Waals surface area contributed by atoms with Gasteiger partial charge in [-0.05, 0) is 29.8 Å². The molecule has 0 amide bonds. The van der Waals surface area contributed by atoms with Gasteiger partial charge in [-0.15, -0.1) is 0 Å². The lowest BCUT2D eigenvalue weighted by Crippen LogP contribution is -2.51. The molecular formula is C19H20Cl2N4O4. The van der Waals surface area contributed by atoms with E-state index in [0.29, 0.717) is 52.6 Å². The highest BCUT2D eigenvalue weighted by atomic mass is 35.5. The first kappa shape index (κ1) is 20.3. The van der Waals surface area contributed by atoms with Crippen molar-refractivity contribution in [1.29, 1.82) is 0 Å². The third-order valence-electron chi connectivity index (χ3n) is 4.87. The number of nitrogens with one attached hydrogen (secondary N) is 2. The number of benzene rings is 1. The van der Waals surface area contributed by atoms with Gasteiger partial charge in [0.05, 0.1) is 28.8 Å². The zero-order chi connectivity index (χ0) is 20.3. The predicted molar refractivity (Wildman–Crippen MR) is 108 cm³/mol. The van der Waals surface area contributed by atoms with Crippen LogP contribution in [0.5, 0.6) is 5.88 Å². The van der Waals surface area contributed by atoms with E-state index >= 15 is 0 Å². The Morgan fingerprint density at radius 2 is 2.17 bits per heavy atom. The molecule has 2 aliphatic heterocycles. The Balaban J connectivity index is 1.73. The summed E-state index contributed by atoms with van der Waals surface area (Å²) < 4.78 is 12.4. The fourth-order valence-electron chi connectivity index (χ4n) is 3.37. The van der Waals surface area contributed by atoms with Crippen LogP contribution in [0.25, 0.3) is 0 Å². The summed E-state index contributed by atoms with van der Waals surface area (Å²) in [5, 5.41) is 14.5. The Morgan fingerprint density at radius 3 is 2.93 bits per heavy atom. The number of halogens is 2. The van der Waals surface area contributed by atoms with Gasteiger partial charge in [-0.1, -0.05) is 29.3 Å². The summed E-state index contributed by atoms with van der Waals surface area (Å²) in [6.07, 6.45) is 1.02. The fraction of sp³-hybridized carbons (Fsp3) is 0.368. The molecule has 0 aliphatic carbocycles. The zero-order valence-electron chi connectivity index (χ0n) is 15.4. The molecule has 1 saturated heterocycles. The normalized spacial score (nSPS) is 24.5. The molecular weight excluding hydrogens is 419 g/mol. The molecule has 0 spiro atoms. The zero-order valence-corrected chi connectivity index (χ0v) is 16.9. The second-order valence-electron chi connectivity index (χ2n) is 6.57. The number of hydrogen-bond donors (Lipinski definition) is 3. The van der Waals surface area contributed by atoms with Gasteiger partial charge in [-0.3, -0.25) is 4.84 Å². The summed E-state index contributed by atoms with van der Waals surface area (Å²) in [7, 11) is 0. The number of amidine groups is 1. The monoisotopic (exact) mass is 438 g/mol. The van der Waals surface area contributed by atoms with Crippen LogP contribution in [-0.2, 0) is 15.2 Å². The number of rotatable bonds is 5. The molecule has 154 valence electrons. The van der Waals surface area contributed by atoms with Gasteiger partial charge in [-0.25, -0.2) is 15.5 Å². The summed E-state index contributed by atoms with van der Waals surface area (Å²) in [4.78, 5) is 13.7. The fourth-order valence-corrected chi connectivity index (χ4v) is 3.67. The molecule has 2 aliphatic rings. The number of aliphatic hydroxyl groups excluding tert-OH is 1. The summed E-state index contributed by atoms with van der Waals surface area (Å²) >= 11 is 12.3. The highest BCUT2D eigenvalue weighted by molar-refractivity contribution is 6.42. The Bertz CT molecular complexity index is 914. The average Bonchev–Trinajstić information content (AvgIpc) is 3.19. The van der Waals surface area contributed by atoms with E-state index in [0.717, 1.165) is 0 Å². The number of hydrogen-bond acceptors (Lipinski definition) is 8. The van der Waals surface area contributed by atoms with E-state index in [1.54, 1.807) is 30.5 Å². The molecule has 1 aromatic carbocycles. The lowest BCUT2D eigenvalue weighted by atomic mass is 9.88. The van der Waals surface area contributed by atoms with Crippen molar-refractivity contribution >= 4 is 29.0 Å². The Hall–Kier alpha value is -1.94. The lowest BCUT2D eigenvalue weighted by molar-refractivity contribution is -0.134. The van der Waals surface area contributed by atoms with Crippen LogP contribution >= 0.6 is 23.2 Å². The molecule has 29 heavy (non-hydrogen) atoms. The third-order valence-corrected chi connectivity index (χ3v) is 5.61. The van der Waals surface area contributed by atoms with Crippen molar-refractivity contribution in [3.8, 4) is 5.88 Å². The van der Waals surface area contributed by atoms with Gasteiger partial charge in [0, 0.05) is 19.3 Å². The van der Waals surface area contributed by atoms with Crippen molar-refractivity contribution in [2.45, 2.75) is 11.7 Å². The first-order valence-corrected chi connectivity index (χ1v) is 9.85. The lowest BCUT2D eigenvalue weighted by Gasteiger charge is -2.38. The summed E-state index contributed by atoms with van der Waals surface area (Å²) in [6, 6.07) is 8.76. The van der Waals surface area contributed by atoms with Gasteiger partial charge in [0.1, 0.15) is 6.10 Å². The Kier molecular flexibility index (Phi) is 6.19. The molecule has 2 aromatic rings. The average molecular weight is 439 g/mol. The number of nitrogens with zero attached hydrogens (tertiary/aromatic N) is 2. The number of aliphatic hydroxyl groups is 1. The topological polar surface area (TPSA) is 97.2 Å². The third kappa shape index (κ3) is 4.05. The molecule has 10 heteroatoms. The summed E-state index contributed by atoms with van der Waals surface area (Å²) in [6.45, 7) is 1.31. The SMILES string of the molecule is OCC1(c2ccc(Cl)c(Cl)c2)OCCNCC1Oc1ncccc1C1=NCON1. The standard InChI is InChI=1S/C19H20Cl2N4O4/c20-14-4-3-12(8-15(14)21)19(10-26)16(9-22-6-7-27-19)29-18-13(2-1-5-23-18)17-24-11-28-25-17/h1-5,8,16,22,26H,6-7,9-11H2,(H,24,25). The van der Waals surface area contributed by atoms with E-state index in [4.69, 9.17) is 37.5 Å². The Labute approximate surface area is 177 Å². The van der Waals surface area contributed by atoms with E-state index in [9.17, 15) is 5.11 Å². The molecule has 2 atom stereocenters. The predicted octanol–water partition coefficient (Wildman–Crippen LogP) is 1.88. The molecule has 2 unspecified atom stereocenters. The van der Waals surface area contributed by atoms with Crippen LogP contribution in [0.2, 0.25) is 10.0 Å². The van der Waals surface area contributed by atoms with Crippen molar-refractivity contribution in [2.24, 2.45) is 4.99 Å². The van der Waals surface area contributed by atoms with E-state index in [1.165, 1.54) is 0 Å². The molecule has 3 heterocycles. The van der Waals surface area contributed by atoms with Crippen LogP contribution in [0.3, 0.4) is 0 Å². The highest BCUT2D eigenvalue weighted by Gasteiger charge is 2.45. The van der Waals surface area contributed by atoms with E-state index in [-0.39, 0.29) is 13.3 Å². The minimum atomic E-state index is -1.16. The largest absolute Gasteiger partial charge is 0.469 e. The molecule has 3 N–H and O–H groups in total. The van der Waals surface area contributed by atoms with E-state index in [1.807, 2.05) is 6.07 Å². The number of pyridine rings is 1. The number of ether oxygens (including phenoxy) is 2. The van der Waals surface area contributed by atoms with Crippen LogP contribution in [0.1, 0.15) is 11.1 Å². The van der Waals surface area contributed by atoms with Crippen LogP contribution in [0.15, 0.2) is 41.5 Å². The maximum Gasteiger partial charge on any atom is 0.225 e. The van der Waals surface area contributed by atoms with Gasteiger partial charge in [0.25, 0.3) is 0 Å². The summed E-state index contributed by atoms with van der Waals surface area (Å²) in [5.41, 5.74) is 2.90. The smallest absolute Gasteiger partial charge is 0.225 e. The first-order chi connectivity index (χ1) is 14.1. The number of aromatic nitrogens is 1. The van der Waals surface area contributed by atoms with Crippen molar-refractivity contribution in [2.75, 3.05) is 33.0 Å². The molecule has 1 aromatic heterocycles. The van der Waals surface area contributed by atoms with Crippen LogP contribution in [-0.4, -0.2) is 55.1 Å². The van der Waals surface area contributed by atoms with E-state index in [2.05, 4.69) is 20.8 Å². The van der Waals surface area contributed by atoms with Gasteiger partial charge in [-0.2, -0.15) is 0 Å². The van der Waals surface area contributed by atoms with Crippen LogP contribution < -0.4 is 15.5 Å². The summed E-state index contributed by atoms with van der Waals surface area (Å²) in [5.74, 6) is 0.874. The van der Waals surface area contributed by atoms with Crippen molar-refractivity contribution < 1.29 is 19.4 Å².